The molecule has 24 heavy (non-hydrogen) atoms. The molecule has 1 unspecified atom stereocenters. The molecule has 0 heterocycles. The second-order valence-electron chi connectivity index (χ2n) is 5.56. The van der Waals surface area contributed by atoms with Crippen LogP contribution in [0.1, 0.15) is 25.8 Å². The van der Waals surface area contributed by atoms with Gasteiger partial charge in [0.05, 0.1) is 17.9 Å². The van der Waals surface area contributed by atoms with Crippen LogP contribution >= 0.6 is 0 Å². The lowest BCUT2D eigenvalue weighted by Gasteiger charge is -2.24. The molecule has 0 bridgehead atoms. The van der Waals surface area contributed by atoms with Gasteiger partial charge in [0.15, 0.2) is 0 Å². The van der Waals surface area contributed by atoms with E-state index >= 15 is 0 Å². The molecule has 1 atom stereocenters. The molecule has 0 fully saturated rings. The van der Waals surface area contributed by atoms with Crippen LogP contribution in [0.3, 0.4) is 0 Å². The van der Waals surface area contributed by atoms with Crippen LogP contribution in [0.15, 0.2) is 29.2 Å². The molecule has 0 radical (unpaired) electrons. The molecule has 1 aromatic rings. The molecule has 0 aliphatic heterocycles. The van der Waals surface area contributed by atoms with E-state index in [9.17, 15) is 18.0 Å². The number of rotatable bonds is 8. The third-order valence-corrected chi connectivity index (χ3v) is 4.60. The smallest absolute Gasteiger partial charge is 0.310 e. The van der Waals surface area contributed by atoms with Gasteiger partial charge < -0.3 is 9.64 Å². The van der Waals surface area contributed by atoms with Crippen molar-refractivity contribution in [1.82, 2.24) is 4.90 Å². The fourth-order valence-corrected chi connectivity index (χ4v) is 2.77. The number of sulfonamides is 1. The molecule has 2 N–H and O–H groups in total. The summed E-state index contributed by atoms with van der Waals surface area (Å²) in [6.45, 7) is 4.19. The van der Waals surface area contributed by atoms with Crippen molar-refractivity contribution in [3.8, 4) is 0 Å². The van der Waals surface area contributed by atoms with E-state index in [1.807, 2.05) is 0 Å². The third-order valence-electron chi connectivity index (χ3n) is 3.68. The third kappa shape index (κ3) is 5.93. The van der Waals surface area contributed by atoms with Crippen LogP contribution in [0.5, 0.6) is 0 Å². The van der Waals surface area contributed by atoms with E-state index in [-0.39, 0.29) is 23.3 Å². The molecule has 134 valence electrons. The van der Waals surface area contributed by atoms with Crippen molar-refractivity contribution in [3.05, 3.63) is 29.8 Å². The first-order valence-corrected chi connectivity index (χ1v) is 9.21. The van der Waals surface area contributed by atoms with Crippen LogP contribution in [0.2, 0.25) is 0 Å². The molecular formula is C16H24N2O5S. The highest BCUT2D eigenvalue weighted by Gasteiger charge is 2.20. The van der Waals surface area contributed by atoms with Crippen molar-refractivity contribution in [2.75, 3.05) is 20.2 Å². The van der Waals surface area contributed by atoms with Crippen molar-refractivity contribution in [3.63, 3.8) is 0 Å². The Hall–Kier alpha value is -1.93. The summed E-state index contributed by atoms with van der Waals surface area (Å²) in [5, 5.41) is 5.06. The summed E-state index contributed by atoms with van der Waals surface area (Å²) in [6, 6.07) is 6.21. The molecule has 1 aromatic carbocycles. The van der Waals surface area contributed by atoms with Gasteiger partial charge in [-0.25, -0.2) is 13.6 Å². The molecular weight excluding hydrogens is 332 g/mol. The largest absolute Gasteiger partial charge is 0.469 e. The number of methoxy groups -OCH3 is 1. The van der Waals surface area contributed by atoms with Crippen molar-refractivity contribution >= 4 is 21.9 Å². The van der Waals surface area contributed by atoms with Gasteiger partial charge in [-0.15, -0.1) is 0 Å². The highest BCUT2D eigenvalue weighted by molar-refractivity contribution is 7.89. The standard InChI is InChI=1S/C16H24N2O5S/c1-4-15(19)18(11-12(2)16(20)23-3)10-9-13-5-7-14(8-6-13)24(17,21)22/h5-8,12H,4,9-11H2,1-3H3,(H2,17,21,22). The number of ether oxygens (including phenoxy) is 1. The van der Waals surface area contributed by atoms with E-state index in [2.05, 4.69) is 4.74 Å². The van der Waals surface area contributed by atoms with Crippen molar-refractivity contribution in [1.29, 1.82) is 0 Å². The second kappa shape index (κ2) is 8.79. The molecule has 0 aromatic heterocycles. The fourth-order valence-electron chi connectivity index (χ4n) is 2.26. The molecule has 0 aliphatic carbocycles. The predicted molar refractivity (Wildman–Crippen MR) is 89.6 cm³/mol. The maximum absolute atomic E-state index is 12.0. The fraction of sp³-hybridized carbons (Fsp3) is 0.500. The van der Waals surface area contributed by atoms with E-state index in [1.54, 1.807) is 30.9 Å². The highest BCUT2D eigenvalue weighted by atomic mass is 32.2. The Bertz CT molecular complexity index is 670. The first-order chi connectivity index (χ1) is 11.2. The van der Waals surface area contributed by atoms with Crippen molar-refractivity contribution in [2.45, 2.75) is 31.6 Å². The molecule has 0 spiro atoms. The molecule has 7 nitrogen and oxygen atoms in total. The number of esters is 1. The average molecular weight is 356 g/mol. The van der Waals surface area contributed by atoms with Gasteiger partial charge in [-0.1, -0.05) is 26.0 Å². The Morgan fingerprint density at radius 1 is 1.25 bits per heavy atom. The van der Waals surface area contributed by atoms with Crippen molar-refractivity contribution in [2.24, 2.45) is 11.1 Å². The van der Waals surface area contributed by atoms with Gasteiger partial charge in [-0.05, 0) is 24.1 Å². The number of primary sulfonamides is 1. The Kier molecular flexibility index (Phi) is 7.37. The molecule has 0 saturated heterocycles. The Morgan fingerprint density at radius 2 is 1.83 bits per heavy atom. The molecule has 1 rings (SSSR count). The first-order valence-electron chi connectivity index (χ1n) is 7.66. The zero-order valence-corrected chi connectivity index (χ0v) is 15.0. The van der Waals surface area contributed by atoms with Gasteiger partial charge in [0.25, 0.3) is 0 Å². The highest BCUT2D eigenvalue weighted by Crippen LogP contribution is 2.11. The summed E-state index contributed by atoms with van der Waals surface area (Å²) in [4.78, 5) is 25.2. The Labute approximate surface area is 142 Å². The quantitative estimate of drug-likeness (QED) is 0.697. The van der Waals surface area contributed by atoms with Crippen LogP contribution in [-0.2, 0) is 30.8 Å². The topological polar surface area (TPSA) is 107 Å². The Morgan fingerprint density at radius 3 is 2.29 bits per heavy atom. The van der Waals surface area contributed by atoms with Gasteiger partial charge in [-0.2, -0.15) is 0 Å². The molecule has 1 amide bonds. The lowest BCUT2D eigenvalue weighted by atomic mass is 10.1. The van der Waals surface area contributed by atoms with Gasteiger partial charge in [0.2, 0.25) is 15.9 Å². The maximum Gasteiger partial charge on any atom is 0.310 e. The number of benzene rings is 1. The summed E-state index contributed by atoms with van der Waals surface area (Å²) in [7, 11) is -2.40. The number of carbonyl (C=O) groups is 2. The van der Waals surface area contributed by atoms with E-state index in [0.717, 1.165) is 5.56 Å². The predicted octanol–water partition coefficient (Wildman–Crippen LogP) is 0.924. The minimum absolute atomic E-state index is 0.0482. The van der Waals surface area contributed by atoms with Crippen LogP contribution in [-0.4, -0.2) is 45.4 Å². The minimum atomic E-state index is -3.71. The van der Waals surface area contributed by atoms with Gasteiger partial charge in [0.1, 0.15) is 0 Å². The van der Waals surface area contributed by atoms with Crippen LogP contribution < -0.4 is 5.14 Å². The number of hydrogen-bond donors (Lipinski definition) is 1. The zero-order valence-electron chi connectivity index (χ0n) is 14.2. The lowest BCUT2D eigenvalue weighted by molar-refractivity contribution is -0.146. The average Bonchev–Trinajstić information content (AvgIpc) is 2.56. The van der Waals surface area contributed by atoms with Crippen LogP contribution in [0.25, 0.3) is 0 Å². The molecule has 8 heteroatoms. The van der Waals surface area contributed by atoms with E-state index in [1.165, 1.54) is 19.2 Å². The number of nitrogens with zero attached hydrogens (tertiary/aromatic N) is 1. The van der Waals surface area contributed by atoms with Gasteiger partial charge >= 0.3 is 5.97 Å². The summed E-state index contributed by atoms with van der Waals surface area (Å²) in [5.74, 6) is -0.816. The number of hydrogen-bond acceptors (Lipinski definition) is 5. The number of carbonyl (C=O) groups excluding carboxylic acids is 2. The van der Waals surface area contributed by atoms with Crippen LogP contribution in [0, 0.1) is 5.92 Å². The summed E-state index contributed by atoms with van der Waals surface area (Å²) >= 11 is 0. The van der Waals surface area contributed by atoms with Crippen LogP contribution in [0.4, 0.5) is 0 Å². The monoisotopic (exact) mass is 356 g/mol. The number of nitrogens with two attached hydrogens (primary N) is 1. The zero-order chi connectivity index (χ0) is 18.3. The van der Waals surface area contributed by atoms with E-state index in [0.29, 0.717) is 19.4 Å². The molecule has 0 saturated carbocycles. The second-order valence-corrected chi connectivity index (χ2v) is 7.12. The van der Waals surface area contributed by atoms with Gasteiger partial charge in [-0.3, -0.25) is 9.59 Å². The van der Waals surface area contributed by atoms with E-state index < -0.39 is 15.9 Å². The lowest BCUT2D eigenvalue weighted by Crippen LogP contribution is -2.38. The van der Waals surface area contributed by atoms with E-state index in [4.69, 9.17) is 5.14 Å². The Balaban J connectivity index is 2.74. The van der Waals surface area contributed by atoms with Gasteiger partial charge in [0, 0.05) is 19.5 Å². The molecule has 0 aliphatic rings. The maximum atomic E-state index is 12.0. The normalized spacial score (nSPS) is 12.5. The summed E-state index contributed by atoms with van der Waals surface area (Å²) in [5.41, 5.74) is 0.877. The SMILES string of the molecule is CCC(=O)N(CCc1ccc(S(N)(=O)=O)cc1)CC(C)C(=O)OC. The number of amides is 1. The summed E-state index contributed by atoms with van der Waals surface area (Å²) in [6.07, 6.45) is 0.892. The minimum Gasteiger partial charge on any atom is -0.469 e. The summed E-state index contributed by atoms with van der Waals surface area (Å²) < 4.78 is 27.2. The van der Waals surface area contributed by atoms with Crippen molar-refractivity contribution < 1.29 is 22.7 Å². The first kappa shape index (κ1) is 20.1.